The number of aryl methyl sites for hydroxylation is 1. The number of para-hydroxylation sites is 2. The molecule has 2 heterocycles. The van der Waals surface area contributed by atoms with Gasteiger partial charge in [0.15, 0.2) is 0 Å². The van der Waals surface area contributed by atoms with Crippen LogP contribution in [0.15, 0.2) is 52.2 Å². The predicted molar refractivity (Wildman–Crippen MR) is 106 cm³/mol. The van der Waals surface area contributed by atoms with Gasteiger partial charge in [0.05, 0.1) is 26.5 Å². The van der Waals surface area contributed by atoms with Crippen molar-refractivity contribution in [3.63, 3.8) is 0 Å². The molecule has 0 atom stereocenters. The Kier molecular flexibility index (Phi) is 4.27. The van der Waals surface area contributed by atoms with Crippen molar-refractivity contribution in [2.24, 2.45) is 0 Å². The second-order valence-corrected chi connectivity index (χ2v) is 9.08. The van der Waals surface area contributed by atoms with Crippen LogP contribution in [0.2, 0.25) is 0 Å². The van der Waals surface area contributed by atoms with Gasteiger partial charge in [-0.25, -0.2) is 8.42 Å². The van der Waals surface area contributed by atoms with E-state index in [2.05, 4.69) is 5.32 Å². The Morgan fingerprint density at radius 2 is 1.93 bits per heavy atom. The number of thiazole rings is 1. The van der Waals surface area contributed by atoms with E-state index in [1.165, 1.54) is 12.1 Å². The number of carbonyl (C=O) groups excluding carboxylic acids is 1. The Morgan fingerprint density at radius 3 is 2.70 bits per heavy atom. The Balaban J connectivity index is 1.83. The topological polar surface area (TPSA) is 88.5 Å². The van der Waals surface area contributed by atoms with Crippen molar-refractivity contribution < 1.29 is 13.2 Å². The number of sulfonamides is 1. The van der Waals surface area contributed by atoms with E-state index in [4.69, 9.17) is 0 Å². The molecule has 9 heteroatoms. The highest BCUT2D eigenvalue weighted by molar-refractivity contribution is 7.93. The number of nitrogens with one attached hydrogen (secondary N) is 1. The molecule has 1 amide bonds. The molecule has 0 bridgehead atoms. The van der Waals surface area contributed by atoms with E-state index in [9.17, 15) is 18.0 Å². The highest BCUT2D eigenvalue weighted by Crippen LogP contribution is 2.34. The number of aromatic nitrogens is 1. The number of hydrogen-bond acceptors (Lipinski definition) is 5. The van der Waals surface area contributed by atoms with Gasteiger partial charge in [-0.3, -0.25) is 18.5 Å². The van der Waals surface area contributed by atoms with E-state index in [0.717, 1.165) is 27.6 Å². The summed E-state index contributed by atoms with van der Waals surface area (Å²) in [5.74, 6) is -0.392. The minimum Gasteiger partial charge on any atom is -0.323 e. The fourth-order valence-electron chi connectivity index (χ4n) is 3.19. The van der Waals surface area contributed by atoms with Gasteiger partial charge in [-0.2, -0.15) is 0 Å². The van der Waals surface area contributed by atoms with Crippen molar-refractivity contribution in [1.29, 1.82) is 0 Å². The zero-order chi connectivity index (χ0) is 19.2. The van der Waals surface area contributed by atoms with E-state index in [-0.39, 0.29) is 16.3 Å². The van der Waals surface area contributed by atoms with Crippen LogP contribution < -0.4 is 14.5 Å². The van der Waals surface area contributed by atoms with E-state index < -0.39 is 15.9 Å². The largest absolute Gasteiger partial charge is 0.323 e. The van der Waals surface area contributed by atoms with Crippen LogP contribution in [0.1, 0.15) is 13.3 Å². The first-order chi connectivity index (χ1) is 12.9. The van der Waals surface area contributed by atoms with Crippen molar-refractivity contribution >= 4 is 48.9 Å². The molecule has 1 aliphatic rings. The van der Waals surface area contributed by atoms with Gasteiger partial charge < -0.3 is 5.32 Å². The highest BCUT2D eigenvalue weighted by Gasteiger charge is 2.32. The molecule has 4 rings (SSSR count). The number of carbonyl (C=O) groups is 1. The molecule has 140 valence electrons. The number of amides is 1. The molecule has 2 aromatic carbocycles. The Bertz CT molecular complexity index is 1210. The quantitative estimate of drug-likeness (QED) is 0.725. The van der Waals surface area contributed by atoms with Crippen LogP contribution in [0.4, 0.5) is 11.4 Å². The van der Waals surface area contributed by atoms with Crippen LogP contribution in [-0.4, -0.2) is 25.4 Å². The summed E-state index contributed by atoms with van der Waals surface area (Å²) in [6, 6.07) is 11.4. The molecule has 1 aromatic heterocycles. The van der Waals surface area contributed by atoms with E-state index in [0.29, 0.717) is 22.6 Å². The first-order valence-electron chi connectivity index (χ1n) is 8.47. The Hall–Kier alpha value is -2.65. The van der Waals surface area contributed by atoms with E-state index in [1.54, 1.807) is 34.9 Å². The fourth-order valence-corrected chi connectivity index (χ4v) is 5.68. The smallest absolute Gasteiger partial charge is 0.308 e. The normalized spacial score (nSPS) is 14.3. The molecule has 0 unspecified atom stereocenters. The number of anilines is 2. The minimum absolute atomic E-state index is 0.0596. The second kappa shape index (κ2) is 6.50. The molecule has 0 saturated heterocycles. The van der Waals surface area contributed by atoms with Crippen LogP contribution in [0.3, 0.4) is 0 Å². The van der Waals surface area contributed by atoms with Crippen LogP contribution in [0.5, 0.6) is 0 Å². The van der Waals surface area contributed by atoms with Gasteiger partial charge in [0.25, 0.3) is 10.0 Å². The molecule has 1 aliphatic heterocycles. The SMILES string of the molecule is CCCn1c(=O)sc2cc(S(=O)(=O)N3CC(=O)Nc4ccccc43)ccc21. The lowest BCUT2D eigenvalue weighted by molar-refractivity contribution is -0.115. The molecular formula is C18H17N3O4S2. The third kappa shape index (κ3) is 2.92. The van der Waals surface area contributed by atoms with Gasteiger partial charge in [0, 0.05) is 6.54 Å². The predicted octanol–water partition coefficient (Wildman–Crippen LogP) is 2.62. The summed E-state index contributed by atoms with van der Waals surface area (Å²) < 4.78 is 29.8. The average molecular weight is 403 g/mol. The summed E-state index contributed by atoms with van der Waals surface area (Å²) in [5, 5.41) is 2.68. The first-order valence-corrected chi connectivity index (χ1v) is 10.7. The van der Waals surface area contributed by atoms with Crippen molar-refractivity contribution in [3.05, 3.63) is 52.1 Å². The van der Waals surface area contributed by atoms with Crippen molar-refractivity contribution in [3.8, 4) is 0 Å². The lowest BCUT2D eigenvalue weighted by Crippen LogP contribution is -2.42. The maximum atomic E-state index is 13.2. The highest BCUT2D eigenvalue weighted by atomic mass is 32.2. The molecule has 0 aliphatic carbocycles. The van der Waals surface area contributed by atoms with E-state index in [1.807, 2.05) is 6.92 Å². The van der Waals surface area contributed by atoms with Gasteiger partial charge >= 0.3 is 4.87 Å². The molecule has 7 nitrogen and oxygen atoms in total. The summed E-state index contributed by atoms with van der Waals surface area (Å²) in [5.41, 5.74) is 1.61. The molecule has 1 N–H and O–H groups in total. The van der Waals surface area contributed by atoms with Gasteiger partial charge in [-0.1, -0.05) is 30.4 Å². The Morgan fingerprint density at radius 1 is 1.15 bits per heavy atom. The monoisotopic (exact) mass is 403 g/mol. The summed E-state index contributed by atoms with van der Waals surface area (Å²) in [6.07, 6.45) is 0.811. The molecule has 0 spiro atoms. The zero-order valence-electron chi connectivity index (χ0n) is 14.5. The van der Waals surface area contributed by atoms with E-state index >= 15 is 0 Å². The second-order valence-electron chi connectivity index (χ2n) is 6.23. The van der Waals surface area contributed by atoms with Crippen LogP contribution in [0, 0.1) is 0 Å². The van der Waals surface area contributed by atoms with Crippen LogP contribution in [0.25, 0.3) is 10.2 Å². The van der Waals surface area contributed by atoms with Gasteiger partial charge in [-0.15, -0.1) is 0 Å². The lowest BCUT2D eigenvalue weighted by Gasteiger charge is -2.30. The molecule has 0 radical (unpaired) electrons. The van der Waals surface area contributed by atoms with Crippen molar-refractivity contribution in [1.82, 2.24) is 4.57 Å². The van der Waals surface area contributed by atoms with Gasteiger partial charge in [0.2, 0.25) is 5.91 Å². The lowest BCUT2D eigenvalue weighted by atomic mass is 10.2. The Labute approximate surface area is 159 Å². The van der Waals surface area contributed by atoms with Crippen LogP contribution in [-0.2, 0) is 21.4 Å². The summed E-state index contributed by atoms with van der Waals surface area (Å²) in [4.78, 5) is 24.1. The fraction of sp³-hybridized carbons (Fsp3) is 0.222. The summed E-state index contributed by atoms with van der Waals surface area (Å²) in [7, 11) is -3.95. The number of benzene rings is 2. The summed E-state index contributed by atoms with van der Waals surface area (Å²) >= 11 is 1.03. The van der Waals surface area contributed by atoms with Gasteiger partial charge in [-0.05, 0) is 36.8 Å². The van der Waals surface area contributed by atoms with Crippen LogP contribution >= 0.6 is 11.3 Å². The number of nitrogens with zero attached hydrogens (tertiary/aromatic N) is 2. The third-order valence-corrected chi connectivity index (χ3v) is 7.11. The van der Waals surface area contributed by atoms with Crippen molar-refractivity contribution in [2.75, 3.05) is 16.2 Å². The molecule has 27 heavy (non-hydrogen) atoms. The molecule has 3 aromatic rings. The molecular weight excluding hydrogens is 386 g/mol. The maximum Gasteiger partial charge on any atom is 0.308 e. The maximum absolute atomic E-state index is 13.2. The third-order valence-electron chi connectivity index (χ3n) is 4.41. The molecule has 0 saturated carbocycles. The number of rotatable bonds is 4. The average Bonchev–Trinajstić information content (AvgIpc) is 2.96. The minimum atomic E-state index is -3.95. The van der Waals surface area contributed by atoms with Gasteiger partial charge in [0.1, 0.15) is 6.54 Å². The number of hydrogen-bond donors (Lipinski definition) is 1. The summed E-state index contributed by atoms with van der Waals surface area (Å²) in [6.45, 7) is 2.28. The first kappa shape index (κ1) is 17.7. The van der Waals surface area contributed by atoms with Crippen molar-refractivity contribution in [2.45, 2.75) is 24.8 Å². The number of fused-ring (bicyclic) bond motifs is 2. The molecule has 0 fully saturated rings. The standard InChI is InChI=1S/C18H17N3O4S2/c1-2-9-20-15-8-7-12(10-16(15)26-18(20)23)27(24,25)21-11-17(22)19-13-5-3-4-6-14(13)21/h3-8,10H,2,9,11H2,1H3,(H,19,22). The zero-order valence-corrected chi connectivity index (χ0v) is 16.1.